The summed E-state index contributed by atoms with van der Waals surface area (Å²) in [5.41, 5.74) is 1.29. The summed E-state index contributed by atoms with van der Waals surface area (Å²) in [5.74, 6) is 1.14. The van der Waals surface area contributed by atoms with E-state index in [1.165, 1.54) is 10.5 Å². The number of carbonyl (C=O) groups is 1. The largest absolute Gasteiger partial charge is 0.355 e. The third-order valence-electron chi connectivity index (χ3n) is 4.68. The van der Waals surface area contributed by atoms with Crippen molar-refractivity contribution in [2.75, 3.05) is 25.4 Å². The zero-order chi connectivity index (χ0) is 19.1. The SMILES string of the molecule is O=C(NCCSc1ccc(Cl)cc1)C1CCCN(Cc2ccc(Br)cc2)C1. The molecule has 1 fully saturated rings. The Balaban J connectivity index is 1.40. The van der Waals surface area contributed by atoms with Crippen LogP contribution in [0.4, 0.5) is 0 Å². The number of likely N-dealkylation sites (tertiary alicyclic amines) is 1. The van der Waals surface area contributed by atoms with Crippen molar-refractivity contribution in [1.29, 1.82) is 0 Å². The first-order chi connectivity index (χ1) is 13.1. The maximum Gasteiger partial charge on any atom is 0.224 e. The van der Waals surface area contributed by atoms with Crippen LogP contribution in [-0.2, 0) is 11.3 Å². The number of halogens is 2. The Morgan fingerprint density at radius 2 is 1.93 bits per heavy atom. The molecular weight excluding hydrogens is 444 g/mol. The van der Waals surface area contributed by atoms with Crippen LogP contribution in [-0.4, -0.2) is 36.2 Å². The summed E-state index contributed by atoms with van der Waals surface area (Å²) in [7, 11) is 0. The van der Waals surface area contributed by atoms with Gasteiger partial charge in [0, 0.05) is 39.8 Å². The third-order valence-corrected chi connectivity index (χ3v) is 6.47. The second kappa shape index (κ2) is 10.5. The summed E-state index contributed by atoms with van der Waals surface area (Å²) in [6.07, 6.45) is 2.06. The minimum Gasteiger partial charge on any atom is -0.355 e. The average molecular weight is 468 g/mol. The van der Waals surface area contributed by atoms with Crippen LogP contribution in [0.1, 0.15) is 18.4 Å². The molecule has 1 amide bonds. The molecule has 6 heteroatoms. The van der Waals surface area contributed by atoms with Crippen molar-refractivity contribution in [3.8, 4) is 0 Å². The second-order valence-corrected chi connectivity index (χ2v) is 9.31. The van der Waals surface area contributed by atoms with Gasteiger partial charge in [0.1, 0.15) is 0 Å². The predicted octanol–water partition coefficient (Wildman–Crippen LogP) is 5.22. The number of hydrogen-bond acceptors (Lipinski definition) is 3. The quantitative estimate of drug-likeness (QED) is 0.447. The van der Waals surface area contributed by atoms with E-state index in [-0.39, 0.29) is 11.8 Å². The highest BCUT2D eigenvalue weighted by molar-refractivity contribution is 9.10. The van der Waals surface area contributed by atoms with Gasteiger partial charge in [0.05, 0.1) is 5.92 Å². The van der Waals surface area contributed by atoms with Gasteiger partial charge in [-0.1, -0.05) is 39.7 Å². The van der Waals surface area contributed by atoms with Gasteiger partial charge in [0.25, 0.3) is 0 Å². The zero-order valence-electron chi connectivity index (χ0n) is 15.2. The molecule has 0 aromatic heterocycles. The molecule has 3 rings (SSSR count). The molecule has 2 aromatic carbocycles. The van der Waals surface area contributed by atoms with Crippen molar-refractivity contribution in [2.45, 2.75) is 24.3 Å². The number of amides is 1. The van der Waals surface area contributed by atoms with Crippen LogP contribution < -0.4 is 5.32 Å². The number of benzene rings is 2. The molecule has 1 unspecified atom stereocenters. The number of rotatable bonds is 7. The lowest BCUT2D eigenvalue weighted by Gasteiger charge is -2.32. The van der Waals surface area contributed by atoms with Crippen LogP contribution in [0.5, 0.6) is 0 Å². The molecule has 1 atom stereocenters. The van der Waals surface area contributed by atoms with E-state index in [4.69, 9.17) is 11.6 Å². The number of piperidine rings is 1. The Bertz CT molecular complexity index is 739. The molecule has 0 bridgehead atoms. The van der Waals surface area contributed by atoms with Crippen molar-refractivity contribution >= 4 is 45.2 Å². The van der Waals surface area contributed by atoms with Gasteiger partial charge in [0.15, 0.2) is 0 Å². The fourth-order valence-electron chi connectivity index (χ4n) is 3.28. The topological polar surface area (TPSA) is 32.3 Å². The highest BCUT2D eigenvalue weighted by Crippen LogP contribution is 2.21. The predicted molar refractivity (Wildman–Crippen MR) is 117 cm³/mol. The molecule has 0 spiro atoms. The molecule has 0 aliphatic carbocycles. The van der Waals surface area contributed by atoms with Crippen molar-refractivity contribution in [1.82, 2.24) is 10.2 Å². The average Bonchev–Trinajstić information content (AvgIpc) is 2.68. The zero-order valence-corrected chi connectivity index (χ0v) is 18.3. The summed E-state index contributed by atoms with van der Waals surface area (Å²) in [5, 5.41) is 3.86. The summed E-state index contributed by atoms with van der Waals surface area (Å²) in [4.78, 5) is 16.1. The second-order valence-electron chi connectivity index (χ2n) is 6.79. The lowest BCUT2D eigenvalue weighted by Crippen LogP contribution is -2.43. The minimum absolute atomic E-state index is 0.0923. The summed E-state index contributed by atoms with van der Waals surface area (Å²) < 4.78 is 1.10. The fraction of sp³-hybridized carbons (Fsp3) is 0.381. The fourth-order valence-corrected chi connectivity index (χ4v) is 4.44. The molecule has 3 nitrogen and oxygen atoms in total. The van der Waals surface area contributed by atoms with Crippen LogP contribution in [0.2, 0.25) is 5.02 Å². The number of carbonyl (C=O) groups excluding carboxylic acids is 1. The first-order valence-electron chi connectivity index (χ1n) is 9.23. The first-order valence-corrected chi connectivity index (χ1v) is 11.4. The number of nitrogens with zero attached hydrogens (tertiary/aromatic N) is 1. The molecule has 1 aliphatic heterocycles. The van der Waals surface area contributed by atoms with Gasteiger partial charge in [-0.25, -0.2) is 0 Å². The molecule has 27 heavy (non-hydrogen) atoms. The Morgan fingerprint density at radius 1 is 1.19 bits per heavy atom. The summed E-state index contributed by atoms with van der Waals surface area (Å²) >= 11 is 11.1. The highest BCUT2D eigenvalue weighted by atomic mass is 79.9. The Kier molecular flexibility index (Phi) is 8.07. The van der Waals surface area contributed by atoms with Crippen LogP contribution in [0.15, 0.2) is 57.9 Å². The summed E-state index contributed by atoms with van der Waals surface area (Å²) in [6.45, 7) is 3.50. The molecule has 0 saturated carbocycles. The molecule has 1 heterocycles. The van der Waals surface area contributed by atoms with Gasteiger partial charge in [-0.3, -0.25) is 9.69 Å². The standard InChI is InChI=1S/C21H24BrClN2OS/c22-18-5-3-16(4-6-18)14-25-12-1-2-17(15-25)21(26)24-11-13-27-20-9-7-19(23)8-10-20/h3-10,17H,1-2,11-15H2,(H,24,26). The minimum atomic E-state index is 0.0923. The van der Waals surface area contributed by atoms with Crippen LogP contribution >= 0.6 is 39.3 Å². The molecule has 1 saturated heterocycles. The first kappa shape index (κ1) is 20.7. The molecule has 1 aliphatic rings. The smallest absolute Gasteiger partial charge is 0.224 e. The van der Waals surface area contributed by atoms with E-state index in [1.54, 1.807) is 11.8 Å². The van der Waals surface area contributed by atoms with Crippen LogP contribution in [0, 0.1) is 5.92 Å². The van der Waals surface area contributed by atoms with Crippen molar-refractivity contribution < 1.29 is 4.79 Å². The van der Waals surface area contributed by atoms with Gasteiger partial charge in [-0.2, -0.15) is 0 Å². The number of nitrogens with one attached hydrogen (secondary N) is 1. The van der Waals surface area contributed by atoms with Gasteiger partial charge in [-0.15, -0.1) is 11.8 Å². The van der Waals surface area contributed by atoms with E-state index in [0.29, 0.717) is 6.54 Å². The molecular formula is C21H24BrClN2OS. The van der Waals surface area contributed by atoms with Crippen LogP contribution in [0.3, 0.4) is 0 Å². The van der Waals surface area contributed by atoms with Crippen molar-refractivity contribution in [3.05, 3.63) is 63.6 Å². The van der Waals surface area contributed by atoms with Gasteiger partial charge < -0.3 is 5.32 Å². The Morgan fingerprint density at radius 3 is 2.67 bits per heavy atom. The van der Waals surface area contributed by atoms with Gasteiger partial charge >= 0.3 is 0 Å². The molecule has 144 valence electrons. The highest BCUT2D eigenvalue weighted by Gasteiger charge is 2.25. The number of hydrogen-bond donors (Lipinski definition) is 1. The van der Waals surface area contributed by atoms with E-state index in [1.807, 2.05) is 24.3 Å². The van der Waals surface area contributed by atoms with Gasteiger partial charge in [-0.05, 0) is 61.3 Å². The molecule has 2 aromatic rings. The van der Waals surface area contributed by atoms with Crippen molar-refractivity contribution in [2.24, 2.45) is 5.92 Å². The van der Waals surface area contributed by atoms with Crippen molar-refractivity contribution in [3.63, 3.8) is 0 Å². The Hall–Kier alpha value is -1.01. The normalized spacial score (nSPS) is 17.6. The van der Waals surface area contributed by atoms with E-state index in [9.17, 15) is 4.79 Å². The Labute approximate surface area is 179 Å². The monoisotopic (exact) mass is 466 g/mol. The number of thioether (sulfide) groups is 1. The van der Waals surface area contributed by atoms with Gasteiger partial charge in [0.2, 0.25) is 5.91 Å². The van der Waals surface area contributed by atoms with E-state index in [2.05, 4.69) is 50.4 Å². The van der Waals surface area contributed by atoms with E-state index in [0.717, 1.165) is 47.7 Å². The third kappa shape index (κ3) is 6.83. The lowest BCUT2D eigenvalue weighted by molar-refractivity contribution is -0.126. The maximum atomic E-state index is 12.5. The maximum absolute atomic E-state index is 12.5. The molecule has 1 N–H and O–H groups in total. The van der Waals surface area contributed by atoms with E-state index >= 15 is 0 Å². The van der Waals surface area contributed by atoms with Crippen LogP contribution in [0.25, 0.3) is 0 Å². The summed E-state index contributed by atoms with van der Waals surface area (Å²) in [6, 6.07) is 16.2. The lowest BCUT2D eigenvalue weighted by atomic mass is 9.96. The molecule has 0 radical (unpaired) electrons. The van der Waals surface area contributed by atoms with E-state index < -0.39 is 0 Å².